The molecule has 114 valence electrons. The lowest BCUT2D eigenvalue weighted by Crippen LogP contribution is -2.11. The molecule has 1 aromatic heterocycles. The standard InChI is InChI=1S/C17H19N3OS/c1-11-10-22-16(20-11)12(8-18)9-19-14-7-13(17(2,3)4)5-6-15(14)21/h5-7,9-10,19,21H,1-4H3/b12-9+. The Morgan fingerprint density at radius 1 is 1.41 bits per heavy atom. The summed E-state index contributed by atoms with van der Waals surface area (Å²) in [5.41, 5.74) is 2.99. The molecule has 2 aromatic rings. The van der Waals surface area contributed by atoms with Gasteiger partial charge in [0.25, 0.3) is 0 Å². The van der Waals surface area contributed by atoms with Crippen molar-refractivity contribution >= 4 is 22.6 Å². The van der Waals surface area contributed by atoms with Crippen molar-refractivity contribution < 1.29 is 5.11 Å². The van der Waals surface area contributed by atoms with Gasteiger partial charge < -0.3 is 10.4 Å². The van der Waals surface area contributed by atoms with Crippen molar-refractivity contribution in [3.05, 3.63) is 46.0 Å². The maximum Gasteiger partial charge on any atom is 0.139 e. The predicted molar refractivity (Wildman–Crippen MR) is 90.9 cm³/mol. The number of nitriles is 1. The number of phenolic OH excluding ortho intramolecular Hbond substituents is 1. The first kappa shape index (κ1) is 16.1. The molecule has 0 unspecified atom stereocenters. The third-order valence-electron chi connectivity index (χ3n) is 3.20. The minimum atomic E-state index is -0.0156. The lowest BCUT2D eigenvalue weighted by Gasteiger charge is -2.20. The van der Waals surface area contributed by atoms with Crippen molar-refractivity contribution in [1.82, 2.24) is 4.98 Å². The molecule has 2 N–H and O–H groups in total. The van der Waals surface area contributed by atoms with Crippen LogP contribution in [0.25, 0.3) is 5.57 Å². The smallest absolute Gasteiger partial charge is 0.139 e. The molecular formula is C17H19N3OS. The predicted octanol–water partition coefficient (Wildman–Crippen LogP) is 4.43. The van der Waals surface area contributed by atoms with E-state index >= 15 is 0 Å². The van der Waals surface area contributed by atoms with E-state index in [2.05, 4.69) is 37.1 Å². The molecule has 0 spiro atoms. The fraction of sp³-hybridized carbons (Fsp3) is 0.294. The lowest BCUT2D eigenvalue weighted by atomic mass is 9.87. The Morgan fingerprint density at radius 3 is 2.68 bits per heavy atom. The number of thiazole rings is 1. The highest BCUT2D eigenvalue weighted by Crippen LogP contribution is 2.31. The van der Waals surface area contributed by atoms with Crippen LogP contribution in [0.5, 0.6) is 5.75 Å². The van der Waals surface area contributed by atoms with Gasteiger partial charge in [0.05, 0.1) is 5.69 Å². The van der Waals surface area contributed by atoms with Crippen LogP contribution in [0.4, 0.5) is 5.69 Å². The number of nitrogens with one attached hydrogen (secondary N) is 1. The third kappa shape index (κ3) is 3.66. The number of allylic oxidation sites excluding steroid dienone is 1. The van der Waals surface area contributed by atoms with Crippen molar-refractivity contribution in [2.24, 2.45) is 0 Å². The van der Waals surface area contributed by atoms with Gasteiger partial charge in [0.1, 0.15) is 22.4 Å². The van der Waals surface area contributed by atoms with Gasteiger partial charge in [0.15, 0.2) is 0 Å². The molecule has 22 heavy (non-hydrogen) atoms. The van der Waals surface area contributed by atoms with Crippen LogP contribution in [0.2, 0.25) is 0 Å². The molecule has 5 heteroatoms. The summed E-state index contributed by atoms with van der Waals surface area (Å²) in [7, 11) is 0. The van der Waals surface area contributed by atoms with Gasteiger partial charge in [-0.2, -0.15) is 5.26 Å². The molecule has 1 heterocycles. The average molecular weight is 313 g/mol. The van der Waals surface area contributed by atoms with E-state index in [0.717, 1.165) is 11.3 Å². The molecular weight excluding hydrogens is 294 g/mol. The second-order valence-electron chi connectivity index (χ2n) is 6.09. The van der Waals surface area contributed by atoms with Crippen molar-refractivity contribution in [2.45, 2.75) is 33.1 Å². The van der Waals surface area contributed by atoms with Crippen molar-refractivity contribution in [3.63, 3.8) is 0 Å². The van der Waals surface area contributed by atoms with Gasteiger partial charge in [-0.15, -0.1) is 11.3 Å². The summed E-state index contributed by atoms with van der Waals surface area (Å²) in [6, 6.07) is 7.59. The Balaban J connectivity index is 2.30. The second kappa shape index (κ2) is 6.20. The summed E-state index contributed by atoms with van der Waals surface area (Å²) in [6.07, 6.45) is 1.58. The largest absolute Gasteiger partial charge is 0.506 e. The van der Waals surface area contributed by atoms with E-state index in [1.54, 1.807) is 12.3 Å². The molecule has 0 aliphatic heterocycles. The number of hydrogen-bond acceptors (Lipinski definition) is 5. The number of aromatic nitrogens is 1. The molecule has 0 bridgehead atoms. The molecule has 0 aliphatic rings. The molecule has 0 fully saturated rings. The number of rotatable bonds is 3. The van der Waals surface area contributed by atoms with Crippen LogP contribution in [0, 0.1) is 18.3 Å². The van der Waals surface area contributed by atoms with Gasteiger partial charge in [0.2, 0.25) is 0 Å². The fourth-order valence-electron chi connectivity index (χ4n) is 1.89. The fourth-order valence-corrected chi connectivity index (χ4v) is 2.65. The number of anilines is 1. The highest BCUT2D eigenvalue weighted by Gasteiger charge is 2.15. The van der Waals surface area contributed by atoms with E-state index in [1.807, 2.05) is 24.4 Å². The SMILES string of the molecule is Cc1csc(/C(C#N)=C/Nc2cc(C(C)(C)C)ccc2O)n1. The van der Waals surface area contributed by atoms with Gasteiger partial charge in [-0.1, -0.05) is 26.8 Å². The maximum atomic E-state index is 9.97. The number of benzene rings is 1. The van der Waals surface area contributed by atoms with E-state index in [9.17, 15) is 10.4 Å². The normalized spacial score (nSPS) is 12.0. The molecule has 0 saturated carbocycles. The zero-order chi connectivity index (χ0) is 16.3. The van der Waals surface area contributed by atoms with E-state index in [4.69, 9.17) is 0 Å². The van der Waals surface area contributed by atoms with E-state index in [1.165, 1.54) is 11.3 Å². The van der Waals surface area contributed by atoms with Crippen LogP contribution < -0.4 is 5.32 Å². The van der Waals surface area contributed by atoms with E-state index < -0.39 is 0 Å². The number of nitrogens with zero attached hydrogens (tertiary/aromatic N) is 2. The van der Waals surface area contributed by atoms with Crippen LogP contribution in [0.1, 0.15) is 37.0 Å². The topological polar surface area (TPSA) is 68.9 Å². The molecule has 1 aromatic carbocycles. The summed E-state index contributed by atoms with van der Waals surface area (Å²) in [5, 5.41) is 24.8. The summed E-state index contributed by atoms with van der Waals surface area (Å²) in [6.45, 7) is 8.22. The van der Waals surface area contributed by atoms with Crippen LogP contribution in [0.15, 0.2) is 29.8 Å². The van der Waals surface area contributed by atoms with Crippen LogP contribution in [-0.4, -0.2) is 10.1 Å². The zero-order valence-electron chi connectivity index (χ0n) is 13.1. The van der Waals surface area contributed by atoms with Gasteiger partial charge >= 0.3 is 0 Å². The molecule has 0 radical (unpaired) electrons. The highest BCUT2D eigenvalue weighted by molar-refractivity contribution is 7.10. The number of aryl methyl sites for hydroxylation is 1. The Labute approximate surface area is 134 Å². The highest BCUT2D eigenvalue weighted by atomic mass is 32.1. The molecule has 0 saturated heterocycles. The Kier molecular flexibility index (Phi) is 4.53. The van der Waals surface area contributed by atoms with Crippen molar-refractivity contribution in [2.75, 3.05) is 5.32 Å². The first-order valence-corrected chi connectivity index (χ1v) is 7.82. The van der Waals surface area contributed by atoms with Crippen LogP contribution in [0.3, 0.4) is 0 Å². The Morgan fingerprint density at radius 2 is 2.14 bits per heavy atom. The molecule has 0 aliphatic carbocycles. The third-order valence-corrected chi connectivity index (χ3v) is 4.20. The molecule has 0 amide bonds. The minimum absolute atomic E-state index is 0.0156. The number of aromatic hydroxyl groups is 1. The van der Waals surface area contributed by atoms with Gasteiger partial charge in [-0.05, 0) is 30.0 Å². The van der Waals surface area contributed by atoms with Gasteiger partial charge in [-0.3, -0.25) is 0 Å². The van der Waals surface area contributed by atoms with E-state index in [-0.39, 0.29) is 11.2 Å². The number of hydrogen-bond donors (Lipinski definition) is 2. The number of phenols is 1. The molecule has 4 nitrogen and oxygen atoms in total. The van der Waals surface area contributed by atoms with Crippen LogP contribution >= 0.6 is 11.3 Å². The average Bonchev–Trinajstić information content (AvgIpc) is 2.86. The summed E-state index contributed by atoms with van der Waals surface area (Å²) in [5.74, 6) is 0.150. The van der Waals surface area contributed by atoms with E-state index in [0.29, 0.717) is 16.3 Å². The Bertz CT molecular complexity index is 748. The summed E-state index contributed by atoms with van der Waals surface area (Å²) < 4.78 is 0. The second-order valence-corrected chi connectivity index (χ2v) is 6.95. The minimum Gasteiger partial charge on any atom is -0.506 e. The maximum absolute atomic E-state index is 9.97. The van der Waals surface area contributed by atoms with Gasteiger partial charge in [-0.25, -0.2) is 4.98 Å². The monoisotopic (exact) mass is 313 g/mol. The Hall–Kier alpha value is -2.32. The lowest BCUT2D eigenvalue weighted by molar-refractivity contribution is 0.476. The van der Waals surface area contributed by atoms with Crippen molar-refractivity contribution in [3.8, 4) is 11.8 Å². The first-order valence-electron chi connectivity index (χ1n) is 6.94. The van der Waals surface area contributed by atoms with Crippen molar-refractivity contribution in [1.29, 1.82) is 5.26 Å². The molecule has 0 atom stereocenters. The quantitative estimate of drug-likeness (QED) is 0.649. The summed E-state index contributed by atoms with van der Waals surface area (Å²) in [4.78, 5) is 4.30. The molecule has 2 rings (SSSR count). The van der Waals surface area contributed by atoms with Gasteiger partial charge in [0, 0.05) is 17.3 Å². The van der Waals surface area contributed by atoms with Crippen LogP contribution in [-0.2, 0) is 5.41 Å². The first-order chi connectivity index (χ1) is 10.3. The summed E-state index contributed by atoms with van der Waals surface area (Å²) >= 11 is 1.42. The zero-order valence-corrected chi connectivity index (χ0v) is 14.0.